The molecule has 1 aliphatic rings. The highest BCUT2D eigenvalue weighted by atomic mass is 32.1. The van der Waals surface area contributed by atoms with Crippen LogP contribution in [0.5, 0.6) is 0 Å². The summed E-state index contributed by atoms with van der Waals surface area (Å²) in [4.78, 5) is 20.0. The Bertz CT molecular complexity index is 1070. The number of aromatic nitrogens is 4. The van der Waals surface area contributed by atoms with Gasteiger partial charge >= 0.3 is 0 Å². The molecule has 29 heavy (non-hydrogen) atoms. The largest absolute Gasteiger partial charge is 0.398 e. The number of thiazole rings is 1. The summed E-state index contributed by atoms with van der Waals surface area (Å²) < 4.78 is 0. The first-order valence-electron chi connectivity index (χ1n) is 9.27. The molecule has 1 aliphatic heterocycles. The van der Waals surface area contributed by atoms with Crippen LogP contribution in [0.15, 0.2) is 30.0 Å². The fraction of sp³-hybridized carbons (Fsp3) is 0.350. The molecule has 1 atom stereocenters. The highest BCUT2D eigenvalue weighted by molar-refractivity contribution is 7.13. The summed E-state index contributed by atoms with van der Waals surface area (Å²) in [5.74, 6) is 0.850. The fourth-order valence-corrected chi connectivity index (χ4v) is 4.09. The van der Waals surface area contributed by atoms with Crippen LogP contribution in [0, 0.1) is 17.2 Å². The average molecular weight is 408 g/mol. The molecule has 0 aliphatic carbocycles. The van der Waals surface area contributed by atoms with Gasteiger partial charge in [0.25, 0.3) is 0 Å². The molecule has 3 aromatic heterocycles. The average Bonchev–Trinajstić information content (AvgIpc) is 3.39. The Labute approximate surface area is 172 Å². The Morgan fingerprint density at radius 3 is 2.79 bits per heavy atom. The van der Waals surface area contributed by atoms with Crippen LogP contribution in [0.3, 0.4) is 0 Å². The molecule has 1 fully saturated rings. The lowest BCUT2D eigenvalue weighted by molar-refractivity contribution is 0.0263. The molecule has 8 nitrogen and oxygen atoms in total. The van der Waals surface area contributed by atoms with E-state index in [9.17, 15) is 10.4 Å². The second kappa shape index (κ2) is 7.39. The molecule has 0 aromatic carbocycles. The standard InChI is InChI=1S/C20H21N7OS/c1-20(2,28)12-3-5-27(11-12)17-10-23-9-16(25-17)18-13(8-21)14(22)7-15(26-18)19-24-4-6-29-19/h4,6-7,9-10,12,28H,3,5,11H2,1-2H3,(H2,22,26). The zero-order chi connectivity index (χ0) is 20.6. The van der Waals surface area contributed by atoms with Crippen LogP contribution in [-0.4, -0.2) is 43.7 Å². The summed E-state index contributed by atoms with van der Waals surface area (Å²) in [5, 5.41) is 22.5. The minimum Gasteiger partial charge on any atom is -0.398 e. The van der Waals surface area contributed by atoms with Crippen molar-refractivity contribution in [3.05, 3.63) is 35.6 Å². The lowest BCUT2D eigenvalue weighted by Crippen LogP contribution is -2.33. The summed E-state index contributed by atoms with van der Waals surface area (Å²) in [6.07, 6.45) is 5.85. The zero-order valence-corrected chi connectivity index (χ0v) is 17.0. The summed E-state index contributed by atoms with van der Waals surface area (Å²) in [5.41, 5.74) is 7.46. The number of pyridine rings is 1. The number of rotatable bonds is 4. The number of anilines is 2. The maximum atomic E-state index is 10.3. The maximum Gasteiger partial charge on any atom is 0.147 e. The second-order valence-corrected chi connectivity index (χ2v) is 8.51. The van der Waals surface area contributed by atoms with Crippen LogP contribution in [0.2, 0.25) is 0 Å². The Kier molecular flexibility index (Phi) is 4.90. The third kappa shape index (κ3) is 3.77. The number of hydrogen-bond donors (Lipinski definition) is 2. The number of nitrogen functional groups attached to an aromatic ring is 1. The summed E-state index contributed by atoms with van der Waals surface area (Å²) >= 11 is 1.45. The molecule has 3 N–H and O–H groups in total. The molecule has 4 rings (SSSR count). The van der Waals surface area contributed by atoms with E-state index in [1.54, 1.807) is 24.7 Å². The van der Waals surface area contributed by atoms with Crippen molar-refractivity contribution < 1.29 is 5.11 Å². The Hall–Kier alpha value is -3.09. The molecule has 3 aromatic rings. The van der Waals surface area contributed by atoms with Gasteiger partial charge in [-0.15, -0.1) is 11.3 Å². The van der Waals surface area contributed by atoms with Crippen LogP contribution < -0.4 is 10.6 Å². The van der Waals surface area contributed by atoms with Gasteiger partial charge < -0.3 is 15.7 Å². The van der Waals surface area contributed by atoms with E-state index in [0.29, 0.717) is 35.1 Å². The van der Waals surface area contributed by atoms with Gasteiger partial charge in [-0.3, -0.25) is 4.98 Å². The van der Waals surface area contributed by atoms with Crippen molar-refractivity contribution in [1.29, 1.82) is 5.26 Å². The summed E-state index contributed by atoms with van der Waals surface area (Å²) in [6, 6.07) is 3.79. The summed E-state index contributed by atoms with van der Waals surface area (Å²) in [7, 11) is 0. The Morgan fingerprint density at radius 1 is 1.31 bits per heavy atom. The van der Waals surface area contributed by atoms with Crippen LogP contribution in [0.4, 0.5) is 11.5 Å². The van der Waals surface area contributed by atoms with E-state index in [0.717, 1.165) is 18.0 Å². The maximum absolute atomic E-state index is 10.3. The first-order chi connectivity index (χ1) is 13.9. The SMILES string of the molecule is CC(C)(O)C1CCN(c2cncc(-c3nc(-c4nccs4)cc(N)c3C#N)n2)C1. The van der Waals surface area contributed by atoms with Crippen molar-refractivity contribution in [2.45, 2.75) is 25.9 Å². The molecule has 148 valence electrons. The van der Waals surface area contributed by atoms with E-state index in [1.807, 2.05) is 19.2 Å². The predicted octanol–water partition coefficient (Wildman–Crippen LogP) is 2.71. The van der Waals surface area contributed by atoms with E-state index in [-0.39, 0.29) is 11.5 Å². The van der Waals surface area contributed by atoms with E-state index in [1.165, 1.54) is 11.3 Å². The van der Waals surface area contributed by atoms with E-state index in [2.05, 4.69) is 25.9 Å². The predicted molar refractivity (Wildman–Crippen MR) is 112 cm³/mol. The first-order valence-corrected chi connectivity index (χ1v) is 10.1. The number of aliphatic hydroxyl groups is 1. The van der Waals surface area contributed by atoms with Crippen molar-refractivity contribution in [3.8, 4) is 28.2 Å². The van der Waals surface area contributed by atoms with E-state index >= 15 is 0 Å². The smallest absolute Gasteiger partial charge is 0.147 e. The Balaban J connectivity index is 1.73. The highest BCUT2D eigenvalue weighted by Gasteiger charge is 2.34. The minimum absolute atomic E-state index is 0.157. The van der Waals surface area contributed by atoms with Crippen LogP contribution >= 0.6 is 11.3 Å². The van der Waals surface area contributed by atoms with Gasteiger partial charge in [-0.25, -0.2) is 15.0 Å². The van der Waals surface area contributed by atoms with Gasteiger partial charge in [0.1, 0.15) is 39.5 Å². The minimum atomic E-state index is -0.744. The van der Waals surface area contributed by atoms with Crippen molar-refractivity contribution in [2.75, 3.05) is 23.7 Å². The van der Waals surface area contributed by atoms with Gasteiger partial charge in [0.2, 0.25) is 0 Å². The molecule has 0 radical (unpaired) electrons. The van der Waals surface area contributed by atoms with Crippen molar-refractivity contribution in [2.24, 2.45) is 5.92 Å². The lowest BCUT2D eigenvalue weighted by atomic mass is 9.90. The van der Waals surface area contributed by atoms with Gasteiger partial charge in [-0.2, -0.15) is 5.26 Å². The molecule has 1 saturated heterocycles. The van der Waals surface area contributed by atoms with E-state index < -0.39 is 5.60 Å². The number of nitrogens with two attached hydrogens (primary N) is 1. The normalized spacial score (nSPS) is 16.8. The molecule has 4 heterocycles. The topological polar surface area (TPSA) is 125 Å². The molecular formula is C20H21N7OS. The molecule has 9 heteroatoms. The number of nitrogens with zero attached hydrogens (tertiary/aromatic N) is 6. The van der Waals surface area contributed by atoms with Crippen molar-refractivity contribution in [3.63, 3.8) is 0 Å². The van der Waals surface area contributed by atoms with Gasteiger partial charge in [-0.05, 0) is 26.3 Å². The molecule has 1 unspecified atom stereocenters. The molecule has 0 amide bonds. The quantitative estimate of drug-likeness (QED) is 0.676. The van der Waals surface area contributed by atoms with Crippen molar-refractivity contribution >= 4 is 22.8 Å². The van der Waals surface area contributed by atoms with E-state index in [4.69, 9.17) is 10.7 Å². The van der Waals surface area contributed by atoms with Gasteiger partial charge in [0.05, 0.1) is 23.7 Å². The molecular weight excluding hydrogens is 386 g/mol. The first kappa shape index (κ1) is 19.2. The fourth-order valence-electron chi connectivity index (χ4n) is 3.49. The van der Waals surface area contributed by atoms with Gasteiger partial charge in [0.15, 0.2) is 0 Å². The second-order valence-electron chi connectivity index (χ2n) is 7.62. The number of hydrogen-bond acceptors (Lipinski definition) is 9. The summed E-state index contributed by atoms with van der Waals surface area (Å²) in [6.45, 7) is 5.15. The highest BCUT2D eigenvalue weighted by Crippen LogP contribution is 2.33. The van der Waals surface area contributed by atoms with Gasteiger partial charge in [0, 0.05) is 30.6 Å². The van der Waals surface area contributed by atoms with Crippen LogP contribution in [-0.2, 0) is 0 Å². The molecule has 0 spiro atoms. The lowest BCUT2D eigenvalue weighted by Gasteiger charge is -2.25. The number of nitriles is 1. The van der Waals surface area contributed by atoms with Crippen LogP contribution in [0.1, 0.15) is 25.8 Å². The third-order valence-corrected chi connectivity index (χ3v) is 5.98. The third-order valence-electron chi connectivity index (χ3n) is 5.19. The van der Waals surface area contributed by atoms with Crippen LogP contribution in [0.25, 0.3) is 22.1 Å². The zero-order valence-electron chi connectivity index (χ0n) is 16.2. The Morgan fingerprint density at radius 2 is 2.14 bits per heavy atom. The van der Waals surface area contributed by atoms with Crippen molar-refractivity contribution in [1.82, 2.24) is 19.9 Å². The molecule has 0 bridgehead atoms. The monoisotopic (exact) mass is 407 g/mol. The molecule has 0 saturated carbocycles. The van der Waals surface area contributed by atoms with Gasteiger partial charge in [-0.1, -0.05) is 0 Å².